The molecule has 4 amide bonds. The third-order valence-corrected chi connectivity index (χ3v) is 7.42. The SMILES string of the molecule is C=O.CNC(CC1CC(C)(C)NC1=O)C(N)=O.CO[C@H](C)CC(=O)N1CC2C(C1)C2(C)C.NC(=O)C(F)(F)F. The number of nitrogens with zero attached hydrogens (tertiary/aromatic N) is 1. The molecule has 0 aromatic carbocycles. The van der Waals surface area contributed by atoms with Crippen LogP contribution in [0.4, 0.5) is 13.2 Å². The molecule has 2 heterocycles. The predicted molar refractivity (Wildman–Crippen MR) is 138 cm³/mol. The first-order valence-electron chi connectivity index (χ1n) is 12.5. The number of likely N-dealkylation sites (N-methyl/N-ethyl adjacent to an activating group) is 1. The number of alkyl halides is 3. The van der Waals surface area contributed by atoms with Crippen molar-refractivity contribution in [2.24, 2.45) is 34.6 Å². The number of amides is 4. The van der Waals surface area contributed by atoms with Gasteiger partial charge < -0.3 is 36.5 Å². The van der Waals surface area contributed by atoms with Gasteiger partial charge in [0.1, 0.15) is 6.79 Å². The Morgan fingerprint density at radius 3 is 1.92 bits per heavy atom. The molecule has 3 fully saturated rings. The van der Waals surface area contributed by atoms with E-state index in [1.54, 1.807) is 14.2 Å². The van der Waals surface area contributed by atoms with Crippen LogP contribution in [0, 0.1) is 23.2 Å². The number of carbonyl (C=O) groups excluding carboxylic acids is 5. The maximum atomic E-state index is 11.8. The van der Waals surface area contributed by atoms with Crippen molar-refractivity contribution in [2.45, 2.75) is 77.7 Å². The van der Waals surface area contributed by atoms with Gasteiger partial charge in [0.25, 0.3) is 0 Å². The van der Waals surface area contributed by atoms with Gasteiger partial charge in [-0.2, -0.15) is 13.2 Å². The van der Waals surface area contributed by atoms with Crippen molar-refractivity contribution in [2.75, 3.05) is 27.2 Å². The zero-order chi connectivity index (χ0) is 30.9. The summed E-state index contributed by atoms with van der Waals surface area (Å²) in [6.45, 7) is 14.4. The number of ether oxygens (including phenoxy) is 1. The number of piperidine rings is 1. The van der Waals surface area contributed by atoms with E-state index in [4.69, 9.17) is 20.1 Å². The Hall–Kier alpha value is -2.74. The van der Waals surface area contributed by atoms with Gasteiger partial charge >= 0.3 is 12.1 Å². The Morgan fingerprint density at radius 2 is 1.62 bits per heavy atom. The van der Waals surface area contributed by atoms with Crippen molar-refractivity contribution < 1.29 is 41.9 Å². The topological polar surface area (TPSA) is 174 Å². The molecule has 5 atom stereocenters. The molecule has 3 rings (SSSR count). The molecular formula is C25H44F3N5O6. The van der Waals surface area contributed by atoms with E-state index in [-0.39, 0.29) is 29.4 Å². The third kappa shape index (κ3) is 11.1. The van der Waals surface area contributed by atoms with Gasteiger partial charge in [-0.1, -0.05) is 13.8 Å². The number of hydrogen-bond donors (Lipinski definition) is 4. The molecule has 0 aromatic rings. The lowest BCUT2D eigenvalue weighted by Gasteiger charge is -2.23. The monoisotopic (exact) mass is 567 g/mol. The summed E-state index contributed by atoms with van der Waals surface area (Å²) >= 11 is 0. The number of primary amides is 2. The molecular weight excluding hydrogens is 523 g/mol. The van der Waals surface area contributed by atoms with Crippen LogP contribution in [0.15, 0.2) is 0 Å². The number of rotatable bonds is 7. The van der Waals surface area contributed by atoms with Gasteiger partial charge in [-0.05, 0) is 57.9 Å². The number of carbonyl (C=O) groups is 5. The van der Waals surface area contributed by atoms with Gasteiger partial charge in [-0.3, -0.25) is 19.2 Å². The van der Waals surface area contributed by atoms with Crippen LogP contribution >= 0.6 is 0 Å². The van der Waals surface area contributed by atoms with Crippen molar-refractivity contribution in [1.82, 2.24) is 15.5 Å². The highest BCUT2D eigenvalue weighted by Gasteiger charge is 2.62. The summed E-state index contributed by atoms with van der Waals surface area (Å²) < 4.78 is 37.2. The van der Waals surface area contributed by atoms with Gasteiger partial charge in [-0.25, -0.2) is 0 Å². The number of halogens is 3. The third-order valence-electron chi connectivity index (χ3n) is 7.42. The molecule has 39 heavy (non-hydrogen) atoms. The highest BCUT2D eigenvalue weighted by atomic mass is 19.4. The summed E-state index contributed by atoms with van der Waals surface area (Å²) in [5.74, 6) is -1.01. The quantitative estimate of drug-likeness (QED) is 0.351. The molecule has 0 spiro atoms. The van der Waals surface area contributed by atoms with Crippen LogP contribution in [0.1, 0.15) is 53.9 Å². The summed E-state index contributed by atoms with van der Waals surface area (Å²) in [6, 6.07) is -0.422. The fourth-order valence-corrected chi connectivity index (χ4v) is 4.84. The van der Waals surface area contributed by atoms with Crippen molar-refractivity contribution in [3.8, 4) is 0 Å². The normalized spacial score (nSPS) is 25.1. The van der Waals surface area contributed by atoms with Crippen LogP contribution < -0.4 is 22.1 Å². The summed E-state index contributed by atoms with van der Waals surface area (Å²) in [4.78, 5) is 53.6. The highest BCUT2D eigenvalue weighted by molar-refractivity contribution is 5.84. The molecule has 3 aliphatic rings. The van der Waals surface area contributed by atoms with E-state index in [9.17, 15) is 27.6 Å². The maximum absolute atomic E-state index is 11.8. The lowest BCUT2D eigenvalue weighted by atomic mass is 9.91. The van der Waals surface area contributed by atoms with Gasteiger partial charge in [0.15, 0.2) is 0 Å². The standard InChI is InChI=1S/C12H21NO2.C10H19N3O2.C2H2F3NO.CH2O/c1-8(15-4)5-11(14)13-6-9-10(7-13)12(9,2)3;1-10(2)5-6(9(15)13-10)4-7(12-3)8(11)14;3-2(4,5)1(6)7;1-2/h8-10H,5-7H2,1-4H3;6-7,12H,4-5H2,1-3H3,(H2,11,14)(H,13,15);(H2,6,7);1H2/t8-,9?,10?;;;/m1.../s1. The summed E-state index contributed by atoms with van der Waals surface area (Å²) in [5, 5.41) is 5.71. The number of likely N-dealkylation sites (tertiary alicyclic amines) is 1. The Balaban J connectivity index is 0.000000572. The highest BCUT2D eigenvalue weighted by Crippen LogP contribution is 2.61. The minimum Gasteiger partial charge on any atom is -0.381 e. The predicted octanol–water partition coefficient (Wildman–Crippen LogP) is 0.739. The molecule has 0 bridgehead atoms. The summed E-state index contributed by atoms with van der Waals surface area (Å²) in [6.07, 6.45) is -3.07. The fourth-order valence-electron chi connectivity index (χ4n) is 4.84. The summed E-state index contributed by atoms with van der Waals surface area (Å²) in [5.41, 5.74) is 9.33. The van der Waals surface area contributed by atoms with Crippen LogP contribution in [-0.2, 0) is 28.7 Å². The van der Waals surface area contributed by atoms with E-state index in [2.05, 4.69) is 30.2 Å². The second-order valence-electron chi connectivity index (χ2n) is 11.2. The van der Waals surface area contributed by atoms with Crippen molar-refractivity contribution >= 4 is 30.4 Å². The average Bonchev–Trinajstić information content (AvgIpc) is 3.16. The van der Waals surface area contributed by atoms with Crippen molar-refractivity contribution in [3.05, 3.63) is 0 Å². The number of hydrogen-bond acceptors (Lipinski definition) is 7. The second-order valence-corrected chi connectivity index (χ2v) is 11.2. The zero-order valence-corrected chi connectivity index (χ0v) is 23.8. The molecule has 1 saturated carbocycles. The Kier molecular flexibility index (Phi) is 13.6. The lowest BCUT2D eigenvalue weighted by molar-refractivity contribution is -0.169. The van der Waals surface area contributed by atoms with Crippen LogP contribution in [0.25, 0.3) is 0 Å². The Morgan fingerprint density at radius 1 is 1.15 bits per heavy atom. The first-order valence-corrected chi connectivity index (χ1v) is 12.5. The van der Waals surface area contributed by atoms with Gasteiger partial charge in [0, 0.05) is 31.7 Å². The van der Waals surface area contributed by atoms with E-state index in [1.165, 1.54) is 0 Å². The number of methoxy groups -OCH3 is 1. The van der Waals surface area contributed by atoms with Crippen LogP contribution in [0.3, 0.4) is 0 Å². The lowest BCUT2D eigenvalue weighted by Crippen LogP contribution is -2.41. The largest absolute Gasteiger partial charge is 0.470 e. The van der Waals surface area contributed by atoms with Gasteiger partial charge in [0.05, 0.1) is 18.6 Å². The van der Waals surface area contributed by atoms with E-state index < -0.39 is 24.0 Å². The molecule has 0 radical (unpaired) electrons. The van der Waals surface area contributed by atoms with Gasteiger partial charge in [-0.15, -0.1) is 0 Å². The van der Waals surface area contributed by atoms with E-state index in [1.807, 2.05) is 32.5 Å². The van der Waals surface area contributed by atoms with Gasteiger partial charge in [0.2, 0.25) is 17.7 Å². The molecule has 2 saturated heterocycles. The first kappa shape index (κ1) is 36.3. The molecule has 14 heteroatoms. The maximum Gasteiger partial charge on any atom is 0.470 e. The molecule has 2 aliphatic heterocycles. The van der Waals surface area contributed by atoms with Crippen molar-refractivity contribution in [3.63, 3.8) is 0 Å². The Labute approximate surface area is 227 Å². The number of nitrogens with one attached hydrogen (secondary N) is 2. The summed E-state index contributed by atoms with van der Waals surface area (Å²) in [7, 11) is 3.33. The molecule has 226 valence electrons. The van der Waals surface area contributed by atoms with Crippen LogP contribution in [-0.4, -0.2) is 86.4 Å². The number of fused-ring (bicyclic) bond motifs is 1. The minimum absolute atomic E-state index is 0.0153. The van der Waals surface area contributed by atoms with E-state index >= 15 is 0 Å². The molecule has 4 unspecified atom stereocenters. The first-order chi connectivity index (χ1) is 17.8. The molecule has 0 aromatic heterocycles. The molecule has 6 N–H and O–H groups in total. The van der Waals surface area contributed by atoms with Crippen LogP contribution in [0.5, 0.6) is 0 Å². The van der Waals surface area contributed by atoms with Crippen LogP contribution in [0.2, 0.25) is 0 Å². The zero-order valence-electron chi connectivity index (χ0n) is 23.8. The minimum atomic E-state index is -4.86. The van der Waals surface area contributed by atoms with Crippen molar-refractivity contribution in [1.29, 1.82) is 0 Å². The second kappa shape index (κ2) is 14.6. The smallest absolute Gasteiger partial charge is 0.381 e. The Bertz CT molecular complexity index is 854. The molecule has 11 nitrogen and oxygen atoms in total. The van der Waals surface area contributed by atoms with E-state index in [0.717, 1.165) is 31.3 Å². The average molecular weight is 568 g/mol. The van der Waals surface area contributed by atoms with E-state index in [0.29, 0.717) is 18.3 Å². The molecule has 1 aliphatic carbocycles. The number of nitrogens with two attached hydrogens (primary N) is 2. The fraction of sp³-hybridized carbons (Fsp3) is 0.800.